The maximum Gasteiger partial charge on any atom is 0.163 e. The van der Waals surface area contributed by atoms with E-state index >= 15 is 0 Å². The fourth-order valence-corrected chi connectivity index (χ4v) is 2.79. The van der Waals surface area contributed by atoms with E-state index in [1.54, 1.807) is 17.5 Å². The molecule has 0 aliphatic heterocycles. The highest BCUT2D eigenvalue weighted by molar-refractivity contribution is 9.10. The number of halogens is 1. The number of nitrogens with zero attached hydrogens (tertiary/aromatic N) is 2. The van der Waals surface area contributed by atoms with Crippen LogP contribution in [0.2, 0.25) is 0 Å². The molecule has 84 valence electrons. The molecule has 0 aliphatic rings. The molecule has 1 aromatic carbocycles. The van der Waals surface area contributed by atoms with Crippen LogP contribution in [0.3, 0.4) is 0 Å². The van der Waals surface area contributed by atoms with Crippen molar-refractivity contribution in [2.24, 2.45) is 0 Å². The van der Waals surface area contributed by atoms with E-state index in [-0.39, 0.29) is 0 Å². The van der Waals surface area contributed by atoms with Gasteiger partial charge in [-0.05, 0) is 22.0 Å². The summed E-state index contributed by atoms with van der Waals surface area (Å²) in [7, 11) is 0. The molecule has 5 heteroatoms. The van der Waals surface area contributed by atoms with Gasteiger partial charge in [0.25, 0.3) is 0 Å². The first-order valence-electron chi connectivity index (χ1n) is 5.00. The van der Waals surface area contributed by atoms with Crippen LogP contribution in [0.1, 0.15) is 0 Å². The number of hydrogen-bond acceptors (Lipinski definition) is 4. The molecule has 3 nitrogen and oxygen atoms in total. The number of benzene rings is 1. The van der Waals surface area contributed by atoms with Crippen LogP contribution in [-0.2, 0) is 0 Å². The number of fused-ring (bicyclic) bond motifs is 1. The molecule has 0 spiro atoms. The molecule has 2 heterocycles. The van der Waals surface area contributed by atoms with Crippen LogP contribution in [-0.4, -0.2) is 9.97 Å². The number of anilines is 1. The molecule has 3 rings (SSSR count). The number of nitrogen functional groups attached to an aromatic ring is 1. The largest absolute Gasteiger partial charge is 0.383 e. The van der Waals surface area contributed by atoms with Gasteiger partial charge in [-0.25, -0.2) is 9.97 Å². The second-order valence-corrected chi connectivity index (χ2v) is 5.34. The van der Waals surface area contributed by atoms with Gasteiger partial charge in [-0.2, -0.15) is 0 Å². The van der Waals surface area contributed by atoms with E-state index in [1.165, 1.54) is 10.1 Å². The molecule has 2 aromatic heterocycles. The van der Waals surface area contributed by atoms with E-state index < -0.39 is 0 Å². The lowest BCUT2D eigenvalue weighted by atomic mass is 10.1. The Labute approximate surface area is 110 Å². The highest BCUT2D eigenvalue weighted by atomic mass is 79.9. The van der Waals surface area contributed by atoms with Crippen LogP contribution < -0.4 is 5.73 Å². The Balaban J connectivity index is 2.24. The van der Waals surface area contributed by atoms with Crippen LogP contribution in [0.15, 0.2) is 40.3 Å². The summed E-state index contributed by atoms with van der Waals surface area (Å²) >= 11 is 4.98. The summed E-state index contributed by atoms with van der Waals surface area (Å²) in [5, 5.41) is 3.23. The van der Waals surface area contributed by atoms with Gasteiger partial charge < -0.3 is 5.73 Å². The van der Waals surface area contributed by atoms with E-state index in [0.717, 1.165) is 10.0 Å². The van der Waals surface area contributed by atoms with E-state index in [9.17, 15) is 0 Å². The molecule has 17 heavy (non-hydrogen) atoms. The summed E-state index contributed by atoms with van der Waals surface area (Å²) in [5.74, 6) is 1.13. The third-order valence-electron chi connectivity index (χ3n) is 2.49. The SMILES string of the molecule is Nc1nc(-c2csc3ccccc23)ncc1Br. The van der Waals surface area contributed by atoms with Crippen LogP contribution in [0.25, 0.3) is 21.5 Å². The predicted octanol–water partition coefficient (Wildman–Crippen LogP) is 3.70. The molecule has 0 unspecified atom stereocenters. The summed E-state index contributed by atoms with van der Waals surface area (Å²) < 4.78 is 1.95. The first-order chi connectivity index (χ1) is 8.25. The van der Waals surface area contributed by atoms with E-state index in [1.807, 2.05) is 12.1 Å². The molecular weight excluding hydrogens is 298 g/mol. The molecule has 0 aliphatic carbocycles. The first-order valence-corrected chi connectivity index (χ1v) is 6.67. The molecule has 0 saturated heterocycles. The van der Waals surface area contributed by atoms with Crippen LogP contribution >= 0.6 is 27.3 Å². The number of nitrogens with two attached hydrogens (primary N) is 1. The lowest BCUT2D eigenvalue weighted by Crippen LogP contribution is -1.95. The van der Waals surface area contributed by atoms with Gasteiger partial charge in [-0.15, -0.1) is 11.3 Å². The molecule has 0 atom stereocenters. The average Bonchev–Trinajstić information content (AvgIpc) is 2.76. The van der Waals surface area contributed by atoms with Gasteiger partial charge in [0.15, 0.2) is 5.82 Å². The summed E-state index contributed by atoms with van der Waals surface area (Å²) in [6, 6.07) is 8.20. The fraction of sp³-hybridized carbons (Fsp3) is 0. The lowest BCUT2D eigenvalue weighted by molar-refractivity contribution is 1.18. The van der Waals surface area contributed by atoms with Gasteiger partial charge in [0, 0.05) is 27.2 Å². The van der Waals surface area contributed by atoms with Gasteiger partial charge in [0.1, 0.15) is 5.82 Å². The van der Waals surface area contributed by atoms with Gasteiger partial charge in [0.05, 0.1) is 4.47 Å². The minimum Gasteiger partial charge on any atom is -0.383 e. The highest BCUT2D eigenvalue weighted by Crippen LogP contribution is 2.32. The molecule has 3 aromatic rings. The molecule has 0 radical (unpaired) electrons. The maximum absolute atomic E-state index is 5.78. The quantitative estimate of drug-likeness (QED) is 0.746. The van der Waals surface area contributed by atoms with Crippen LogP contribution in [0.4, 0.5) is 5.82 Å². The van der Waals surface area contributed by atoms with Gasteiger partial charge in [-0.3, -0.25) is 0 Å². The monoisotopic (exact) mass is 305 g/mol. The second kappa shape index (κ2) is 4.09. The van der Waals surface area contributed by atoms with E-state index in [4.69, 9.17) is 5.73 Å². The van der Waals surface area contributed by atoms with Crippen molar-refractivity contribution < 1.29 is 0 Å². The van der Waals surface area contributed by atoms with Gasteiger partial charge >= 0.3 is 0 Å². The van der Waals surface area contributed by atoms with Crippen molar-refractivity contribution in [3.05, 3.63) is 40.3 Å². The number of rotatable bonds is 1. The minimum absolute atomic E-state index is 0.463. The first kappa shape index (κ1) is 10.7. The second-order valence-electron chi connectivity index (χ2n) is 3.57. The Kier molecular flexibility index (Phi) is 2.57. The molecular formula is C12H8BrN3S. The minimum atomic E-state index is 0.463. The zero-order valence-corrected chi connectivity index (χ0v) is 11.1. The van der Waals surface area contributed by atoms with E-state index in [2.05, 4.69) is 43.4 Å². The summed E-state index contributed by atoms with van der Waals surface area (Å²) in [6.45, 7) is 0. The highest BCUT2D eigenvalue weighted by Gasteiger charge is 2.09. The Bertz CT molecular complexity index is 693. The molecule has 0 bridgehead atoms. The Morgan fingerprint density at radius 1 is 1.24 bits per heavy atom. The third-order valence-corrected chi connectivity index (χ3v) is 4.07. The van der Waals surface area contributed by atoms with Crippen molar-refractivity contribution in [3.63, 3.8) is 0 Å². The topological polar surface area (TPSA) is 51.8 Å². The van der Waals surface area contributed by atoms with Crippen molar-refractivity contribution in [3.8, 4) is 11.4 Å². The Morgan fingerprint density at radius 3 is 2.88 bits per heavy atom. The maximum atomic E-state index is 5.78. The zero-order valence-electron chi connectivity index (χ0n) is 8.72. The zero-order chi connectivity index (χ0) is 11.8. The standard InChI is InChI=1S/C12H8BrN3S/c13-9-5-15-12(16-11(9)14)8-6-17-10-4-2-1-3-7(8)10/h1-6H,(H2,14,15,16). The Hall–Kier alpha value is -1.46. The van der Waals surface area contributed by atoms with Crippen molar-refractivity contribution >= 4 is 43.2 Å². The summed E-state index contributed by atoms with van der Waals surface area (Å²) in [6.07, 6.45) is 1.68. The van der Waals surface area contributed by atoms with E-state index in [0.29, 0.717) is 11.6 Å². The molecule has 0 fully saturated rings. The third kappa shape index (κ3) is 1.81. The fourth-order valence-electron chi connectivity index (χ4n) is 1.66. The van der Waals surface area contributed by atoms with Crippen molar-refractivity contribution in [1.29, 1.82) is 0 Å². The average molecular weight is 306 g/mol. The number of hydrogen-bond donors (Lipinski definition) is 1. The Morgan fingerprint density at radius 2 is 2.06 bits per heavy atom. The summed E-state index contributed by atoms with van der Waals surface area (Å²) in [4.78, 5) is 8.59. The van der Waals surface area contributed by atoms with Crippen molar-refractivity contribution in [2.45, 2.75) is 0 Å². The molecule has 0 amide bonds. The number of aromatic nitrogens is 2. The van der Waals surface area contributed by atoms with Crippen molar-refractivity contribution in [1.82, 2.24) is 9.97 Å². The van der Waals surface area contributed by atoms with Crippen LogP contribution in [0.5, 0.6) is 0 Å². The van der Waals surface area contributed by atoms with Gasteiger partial charge in [0.2, 0.25) is 0 Å². The summed E-state index contributed by atoms with van der Waals surface area (Å²) in [5.41, 5.74) is 6.81. The smallest absolute Gasteiger partial charge is 0.163 e. The predicted molar refractivity (Wildman–Crippen MR) is 75.0 cm³/mol. The van der Waals surface area contributed by atoms with Crippen LogP contribution in [0, 0.1) is 0 Å². The normalized spacial score (nSPS) is 10.9. The van der Waals surface area contributed by atoms with Gasteiger partial charge in [-0.1, -0.05) is 18.2 Å². The number of thiophene rings is 1. The molecule has 0 saturated carbocycles. The van der Waals surface area contributed by atoms with Crippen molar-refractivity contribution in [2.75, 3.05) is 5.73 Å². The molecule has 2 N–H and O–H groups in total. The lowest BCUT2D eigenvalue weighted by Gasteiger charge is -2.01.